The SMILES string of the molecule is Fc1cc(Cl)cc(NC2=NCCCS2)c1. The van der Waals surface area contributed by atoms with Gasteiger partial charge in [-0.1, -0.05) is 23.4 Å². The molecule has 15 heavy (non-hydrogen) atoms. The van der Waals surface area contributed by atoms with E-state index in [4.69, 9.17) is 11.6 Å². The molecule has 0 saturated heterocycles. The molecule has 0 unspecified atom stereocenters. The molecule has 0 bridgehead atoms. The van der Waals surface area contributed by atoms with E-state index in [-0.39, 0.29) is 5.82 Å². The minimum atomic E-state index is -0.341. The average Bonchev–Trinajstić information content (AvgIpc) is 2.17. The quantitative estimate of drug-likeness (QED) is 0.819. The number of anilines is 1. The van der Waals surface area contributed by atoms with Gasteiger partial charge >= 0.3 is 0 Å². The van der Waals surface area contributed by atoms with Crippen molar-refractivity contribution in [3.8, 4) is 0 Å². The lowest BCUT2D eigenvalue weighted by Crippen LogP contribution is -2.13. The number of aliphatic imine (C=N–C) groups is 1. The molecule has 0 amide bonds. The highest BCUT2D eigenvalue weighted by Crippen LogP contribution is 2.21. The van der Waals surface area contributed by atoms with Crippen LogP contribution in [0.5, 0.6) is 0 Å². The van der Waals surface area contributed by atoms with Crippen LogP contribution in [-0.2, 0) is 0 Å². The summed E-state index contributed by atoms with van der Waals surface area (Å²) in [5, 5.41) is 4.27. The summed E-state index contributed by atoms with van der Waals surface area (Å²) in [6, 6.07) is 4.37. The first-order chi connectivity index (χ1) is 7.24. The van der Waals surface area contributed by atoms with E-state index in [1.54, 1.807) is 17.8 Å². The molecule has 1 aromatic carbocycles. The number of thioether (sulfide) groups is 1. The summed E-state index contributed by atoms with van der Waals surface area (Å²) < 4.78 is 13.0. The topological polar surface area (TPSA) is 24.4 Å². The average molecular weight is 245 g/mol. The first-order valence-electron chi connectivity index (χ1n) is 4.64. The zero-order valence-corrected chi connectivity index (χ0v) is 9.54. The molecule has 0 fully saturated rings. The molecular formula is C10H10ClFN2S. The summed E-state index contributed by atoms with van der Waals surface area (Å²) in [6.45, 7) is 0.832. The van der Waals surface area contributed by atoms with Gasteiger partial charge in [-0.15, -0.1) is 0 Å². The molecule has 2 rings (SSSR count). The Hall–Kier alpha value is -0.740. The van der Waals surface area contributed by atoms with Crippen molar-refractivity contribution in [2.24, 2.45) is 4.99 Å². The van der Waals surface area contributed by atoms with E-state index >= 15 is 0 Å². The summed E-state index contributed by atoms with van der Waals surface area (Å²) in [5.41, 5.74) is 0.646. The number of nitrogens with zero attached hydrogens (tertiary/aromatic N) is 1. The van der Waals surface area contributed by atoms with Gasteiger partial charge in [0.15, 0.2) is 5.17 Å². The Labute approximate surface area is 96.9 Å². The third-order valence-electron chi connectivity index (χ3n) is 1.91. The summed E-state index contributed by atoms with van der Waals surface area (Å²) in [7, 11) is 0. The lowest BCUT2D eigenvalue weighted by molar-refractivity contribution is 0.628. The van der Waals surface area contributed by atoms with Gasteiger partial charge in [-0.3, -0.25) is 4.99 Å². The fraction of sp³-hybridized carbons (Fsp3) is 0.300. The maximum atomic E-state index is 13.0. The van der Waals surface area contributed by atoms with Crippen molar-refractivity contribution in [3.05, 3.63) is 29.0 Å². The van der Waals surface area contributed by atoms with Crippen LogP contribution in [0.4, 0.5) is 10.1 Å². The van der Waals surface area contributed by atoms with E-state index < -0.39 is 0 Å². The molecule has 5 heteroatoms. The maximum Gasteiger partial charge on any atom is 0.161 e. The van der Waals surface area contributed by atoms with Crippen LogP contribution >= 0.6 is 23.4 Å². The Morgan fingerprint density at radius 1 is 1.40 bits per heavy atom. The lowest BCUT2D eigenvalue weighted by atomic mass is 10.3. The molecule has 1 heterocycles. The van der Waals surface area contributed by atoms with Crippen LogP contribution in [0.1, 0.15) is 6.42 Å². The van der Waals surface area contributed by atoms with Crippen molar-refractivity contribution in [2.75, 3.05) is 17.6 Å². The molecule has 0 aliphatic carbocycles. The number of nitrogens with one attached hydrogen (secondary N) is 1. The standard InChI is InChI=1S/C10H10ClFN2S/c11-7-4-8(12)6-9(5-7)14-10-13-2-1-3-15-10/h4-6H,1-3H2,(H,13,14). The molecule has 1 N–H and O–H groups in total. The first-order valence-corrected chi connectivity index (χ1v) is 6.01. The first kappa shape index (κ1) is 10.8. The Morgan fingerprint density at radius 2 is 2.27 bits per heavy atom. The van der Waals surface area contributed by atoms with Gasteiger partial charge in [-0.25, -0.2) is 4.39 Å². The van der Waals surface area contributed by atoms with Crippen LogP contribution in [0.15, 0.2) is 23.2 Å². The molecule has 0 atom stereocenters. The van der Waals surface area contributed by atoms with Crippen molar-refractivity contribution >= 4 is 34.2 Å². The van der Waals surface area contributed by atoms with Gasteiger partial charge in [0.25, 0.3) is 0 Å². The number of amidine groups is 1. The van der Waals surface area contributed by atoms with Gasteiger partial charge < -0.3 is 5.32 Å². The summed E-state index contributed by atoms with van der Waals surface area (Å²) >= 11 is 7.38. The molecular weight excluding hydrogens is 235 g/mol. The highest BCUT2D eigenvalue weighted by molar-refractivity contribution is 8.14. The molecule has 2 nitrogen and oxygen atoms in total. The number of benzene rings is 1. The normalized spacial score (nSPS) is 16.0. The van der Waals surface area contributed by atoms with Crippen LogP contribution in [0.3, 0.4) is 0 Å². The van der Waals surface area contributed by atoms with Crippen LogP contribution in [0.25, 0.3) is 0 Å². The second-order valence-corrected chi connectivity index (χ2v) is 4.69. The Kier molecular flexibility index (Phi) is 3.49. The summed E-state index contributed by atoms with van der Waals surface area (Å²) in [4.78, 5) is 4.29. The van der Waals surface area contributed by atoms with Gasteiger partial charge in [0.2, 0.25) is 0 Å². The van der Waals surface area contributed by atoms with E-state index in [0.717, 1.165) is 23.9 Å². The van der Waals surface area contributed by atoms with Crippen molar-refractivity contribution in [3.63, 3.8) is 0 Å². The van der Waals surface area contributed by atoms with Gasteiger partial charge in [0.05, 0.1) is 0 Å². The number of hydrogen-bond donors (Lipinski definition) is 1. The summed E-state index contributed by atoms with van der Waals surface area (Å²) in [5.74, 6) is 0.709. The monoisotopic (exact) mass is 244 g/mol. The molecule has 1 aliphatic heterocycles. The third-order valence-corrected chi connectivity index (χ3v) is 3.13. The van der Waals surface area contributed by atoms with Crippen molar-refractivity contribution in [2.45, 2.75) is 6.42 Å². The Morgan fingerprint density at radius 3 is 2.93 bits per heavy atom. The van der Waals surface area contributed by atoms with Gasteiger partial charge in [-0.05, 0) is 24.6 Å². The summed E-state index contributed by atoms with van der Waals surface area (Å²) in [6.07, 6.45) is 1.10. The van der Waals surface area contributed by atoms with Crippen LogP contribution in [-0.4, -0.2) is 17.5 Å². The zero-order chi connectivity index (χ0) is 10.7. The van der Waals surface area contributed by atoms with E-state index in [1.807, 2.05) is 0 Å². The van der Waals surface area contributed by atoms with Crippen LogP contribution in [0.2, 0.25) is 5.02 Å². The fourth-order valence-electron chi connectivity index (χ4n) is 1.28. The molecule has 0 aromatic heterocycles. The molecule has 0 radical (unpaired) electrons. The fourth-order valence-corrected chi connectivity index (χ4v) is 2.35. The zero-order valence-electron chi connectivity index (χ0n) is 7.96. The lowest BCUT2D eigenvalue weighted by Gasteiger charge is -2.13. The second-order valence-electron chi connectivity index (χ2n) is 3.17. The van der Waals surface area contributed by atoms with E-state index in [9.17, 15) is 4.39 Å². The number of halogens is 2. The molecule has 1 aromatic rings. The molecule has 0 saturated carbocycles. The third kappa shape index (κ3) is 3.11. The van der Waals surface area contributed by atoms with Crippen LogP contribution in [0, 0.1) is 5.82 Å². The number of rotatable bonds is 1. The van der Waals surface area contributed by atoms with Gasteiger partial charge in [0, 0.05) is 23.0 Å². The molecule has 1 aliphatic rings. The minimum absolute atomic E-state index is 0.341. The van der Waals surface area contributed by atoms with Crippen molar-refractivity contribution < 1.29 is 4.39 Å². The molecule has 80 valence electrons. The minimum Gasteiger partial charge on any atom is -0.335 e. The van der Waals surface area contributed by atoms with Crippen molar-refractivity contribution in [1.82, 2.24) is 0 Å². The Bertz CT molecular complexity index is 375. The Balaban J connectivity index is 2.12. The largest absolute Gasteiger partial charge is 0.335 e. The van der Waals surface area contributed by atoms with E-state index in [0.29, 0.717) is 10.7 Å². The predicted octanol–water partition coefficient (Wildman–Crippen LogP) is 3.38. The van der Waals surface area contributed by atoms with Crippen LogP contribution < -0.4 is 5.32 Å². The van der Waals surface area contributed by atoms with Gasteiger partial charge in [0.1, 0.15) is 5.82 Å². The smallest absolute Gasteiger partial charge is 0.161 e. The highest BCUT2D eigenvalue weighted by atomic mass is 35.5. The van der Waals surface area contributed by atoms with E-state index in [1.165, 1.54) is 12.1 Å². The number of hydrogen-bond acceptors (Lipinski definition) is 3. The van der Waals surface area contributed by atoms with E-state index in [2.05, 4.69) is 10.3 Å². The highest BCUT2D eigenvalue weighted by Gasteiger charge is 2.07. The van der Waals surface area contributed by atoms with Gasteiger partial charge in [-0.2, -0.15) is 0 Å². The second kappa shape index (κ2) is 4.86. The predicted molar refractivity (Wildman–Crippen MR) is 64.4 cm³/mol. The molecule has 0 spiro atoms. The maximum absolute atomic E-state index is 13.0. The van der Waals surface area contributed by atoms with Crippen molar-refractivity contribution in [1.29, 1.82) is 0 Å².